The molecule has 0 radical (unpaired) electrons. The summed E-state index contributed by atoms with van der Waals surface area (Å²) in [6, 6.07) is 12.0. The largest absolute Gasteiger partial charge is 0.450 e. The highest BCUT2D eigenvalue weighted by atomic mass is 16.5. The molecule has 0 bridgehead atoms. The van der Waals surface area contributed by atoms with Gasteiger partial charge in [0.05, 0.1) is 0 Å². The van der Waals surface area contributed by atoms with E-state index in [1.807, 2.05) is 50.2 Å². The van der Waals surface area contributed by atoms with Crippen molar-refractivity contribution in [2.24, 2.45) is 0 Å². The predicted molar refractivity (Wildman–Crippen MR) is 104 cm³/mol. The van der Waals surface area contributed by atoms with E-state index in [-0.39, 0.29) is 24.3 Å². The highest BCUT2D eigenvalue weighted by Crippen LogP contribution is 2.32. The lowest BCUT2D eigenvalue weighted by Crippen LogP contribution is -2.44. The van der Waals surface area contributed by atoms with E-state index in [0.29, 0.717) is 5.58 Å². The average Bonchev–Trinajstić information content (AvgIpc) is 3.03. The van der Waals surface area contributed by atoms with Crippen molar-refractivity contribution in [2.75, 3.05) is 13.2 Å². The molecule has 1 saturated heterocycles. The van der Waals surface area contributed by atoms with Crippen molar-refractivity contribution in [1.82, 2.24) is 4.90 Å². The maximum absolute atomic E-state index is 12.6. The second-order valence-corrected chi connectivity index (χ2v) is 7.23. The normalized spacial score (nSPS) is 17.4. The number of esters is 1. The molecule has 1 fully saturated rings. The molecule has 27 heavy (non-hydrogen) atoms. The molecule has 2 heterocycles. The zero-order chi connectivity index (χ0) is 19.0. The molecular formula is C22H23NO4. The third kappa shape index (κ3) is 3.18. The first-order chi connectivity index (χ1) is 13.1. The standard InChI is InChI=1S/C22H23NO4/c1-14-7-5-6-12-23(14)19(24)13-26-22(25)20-15(2)17-11-10-16-8-3-4-9-18(16)21(17)27-20/h3-4,8-11,14H,5-7,12-13H2,1-2H3/t14-/m0/s1. The Bertz CT molecular complexity index is 1020. The molecule has 2 aromatic carbocycles. The van der Waals surface area contributed by atoms with Crippen LogP contribution in [-0.4, -0.2) is 36.0 Å². The van der Waals surface area contributed by atoms with Crippen LogP contribution in [0.15, 0.2) is 40.8 Å². The quantitative estimate of drug-likeness (QED) is 0.643. The van der Waals surface area contributed by atoms with Crippen molar-refractivity contribution in [3.8, 4) is 0 Å². The van der Waals surface area contributed by atoms with Crippen molar-refractivity contribution in [2.45, 2.75) is 39.2 Å². The van der Waals surface area contributed by atoms with E-state index in [2.05, 4.69) is 0 Å². The van der Waals surface area contributed by atoms with E-state index in [4.69, 9.17) is 9.15 Å². The van der Waals surface area contributed by atoms with Gasteiger partial charge in [-0.15, -0.1) is 0 Å². The van der Waals surface area contributed by atoms with Gasteiger partial charge in [-0.25, -0.2) is 4.79 Å². The van der Waals surface area contributed by atoms with Gasteiger partial charge in [-0.05, 0) is 38.5 Å². The Morgan fingerprint density at radius 2 is 1.96 bits per heavy atom. The Hall–Kier alpha value is -2.82. The summed E-state index contributed by atoms with van der Waals surface area (Å²) in [4.78, 5) is 26.7. The number of carbonyl (C=O) groups excluding carboxylic acids is 2. The summed E-state index contributed by atoms with van der Waals surface area (Å²) in [7, 11) is 0. The highest BCUT2D eigenvalue weighted by Gasteiger charge is 2.26. The Kier molecular flexibility index (Phi) is 4.60. The van der Waals surface area contributed by atoms with E-state index in [1.54, 1.807) is 4.90 Å². The summed E-state index contributed by atoms with van der Waals surface area (Å²) < 4.78 is 11.2. The van der Waals surface area contributed by atoms with E-state index in [0.717, 1.165) is 47.5 Å². The first kappa shape index (κ1) is 17.6. The third-order valence-electron chi connectivity index (χ3n) is 5.46. The van der Waals surface area contributed by atoms with E-state index in [9.17, 15) is 9.59 Å². The first-order valence-electron chi connectivity index (χ1n) is 9.43. The van der Waals surface area contributed by atoms with Crippen molar-refractivity contribution in [3.63, 3.8) is 0 Å². The SMILES string of the molecule is Cc1c(C(=O)OCC(=O)N2CCCC[C@@H]2C)oc2c1ccc1ccccc12. The molecule has 0 aliphatic carbocycles. The number of fused-ring (bicyclic) bond motifs is 3. The molecule has 5 heteroatoms. The van der Waals surface area contributed by atoms with Gasteiger partial charge in [-0.2, -0.15) is 0 Å². The number of furan rings is 1. The summed E-state index contributed by atoms with van der Waals surface area (Å²) >= 11 is 0. The molecule has 0 unspecified atom stereocenters. The minimum atomic E-state index is -0.592. The lowest BCUT2D eigenvalue weighted by molar-refractivity contribution is -0.137. The van der Waals surface area contributed by atoms with Crippen LogP contribution in [-0.2, 0) is 9.53 Å². The van der Waals surface area contributed by atoms with Gasteiger partial charge in [0.15, 0.2) is 6.61 Å². The van der Waals surface area contributed by atoms with Crippen LogP contribution in [0.3, 0.4) is 0 Å². The summed E-state index contributed by atoms with van der Waals surface area (Å²) in [5.74, 6) is -0.568. The number of hydrogen-bond donors (Lipinski definition) is 0. The number of ether oxygens (including phenoxy) is 1. The van der Waals surface area contributed by atoms with Crippen molar-refractivity contribution in [3.05, 3.63) is 47.7 Å². The molecule has 0 N–H and O–H groups in total. The van der Waals surface area contributed by atoms with Crippen LogP contribution in [0.25, 0.3) is 21.7 Å². The summed E-state index contributed by atoms with van der Waals surface area (Å²) in [5, 5.41) is 2.89. The van der Waals surface area contributed by atoms with E-state index in [1.165, 1.54) is 0 Å². The van der Waals surface area contributed by atoms with E-state index >= 15 is 0 Å². The molecule has 1 amide bonds. The van der Waals surface area contributed by atoms with Gasteiger partial charge in [0, 0.05) is 28.9 Å². The van der Waals surface area contributed by atoms with Gasteiger partial charge in [0.2, 0.25) is 5.76 Å². The zero-order valence-corrected chi connectivity index (χ0v) is 15.7. The predicted octanol–water partition coefficient (Wildman–Crippen LogP) is 4.45. The number of rotatable bonds is 3. The molecule has 1 atom stereocenters. The Morgan fingerprint density at radius 3 is 2.78 bits per heavy atom. The minimum absolute atomic E-state index is 0.144. The van der Waals surface area contributed by atoms with Crippen LogP contribution >= 0.6 is 0 Å². The number of piperidine rings is 1. The number of carbonyl (C=O) groups is 2. The van der Waals surface area contributed by atoms with E-state index < -0.39 is 5.97 Å². The number of amides is 1. The fourth-order valence-corrected chi connectivity index (χ4v) is 3.89. The second-order valence-electron chi connectivity index (χ2n) is 7.23. The highest BCUT2D eigenvalue weighted by molar-refractivity contribution is 6.08. The average molecular weight is 365 g/mol. The molecule has 0 saturated carbocycles. The Labute approximate surface area is 157 Å². The topological polar surface area (TPSA) is 59.8 Å². The van der Waals surface area contributed by atoms with Crippen LogP contribution < -0.4 is 0 Å². The molecule has 140 valence electrons. The molecule has 4 rings (SSSR count). The van der Waals surface area contributed by atoms with Gasteiger partial charge < -0.3 is 14.1 Å². The lowest BCUT2D eigenvalue weighted by Gasteiger charge is -2.33. The van der Waals surface area contributed by atoms with Gasteiger partial charge in [0.1, 0.15) is 5.58 Å². The molecule has 1 aliphatic heterocycles. The number of benzene rings is 2. The van der Waals surface area contributed by atoms with Crippen LogP contribution in [0.5, 0.6) is 0 Å². The minimum Gasteiger partial charge on any atom is -0.450 e. The van der Waals surface area contributed by atoms with Gasteiger partial charge >= 0.3 is 5.97 Å². The van der Waals surface area contributed by atoms with Crippen LogP contribution in [0.4, 0.5) is 0 Å². The second kappa shape index (κ2) is 7.06. The van der Waals surface area contributed by atoms with Crippen LogP contribution in [0.2, 0.25) is 0 Å². The third-order valence-corrected chi connectivity index (χ3v) is 5.46. The molecular weight excluding hydrogens is 342 g/mol. The zero-order valence-electron chi connectivity index (χ0n) is 15.7. The first-order valence-corrected chi connectivity index (χ1v) is 9.43. The fraction of sp³-hybridized carbons (Fsp3) is 0.364. The maximum atomic E-state index is 12.6. The summed E-state index contributed by atoms with van der Waals surface area (Å²) in [6.07, 6.45) is 3.13. The summed E-state index contributed by atoms with van der Waals surface area (Å²) in [5.41, 5.74) is 1.41. The van der Waals surface area contributed by atoms with Crippen molar-refractivity contribution >= 4 is 33.6 Å². The molecule has 0 spiro atoms. The van der Waals surface area contributed by atoms with Gasteiger partial charge in [0.25, 0.3) is 5.91 Å². The molecule has 1 aliphatic rings. The number of aryl methyl sites for hydroxylation is 1. The lowest BCUT2D eigenvalue weighted by atomic mass is 10.0. The molecule has 1 aromatic heterocycles. The van der Waals surface area contributed by atoms with Crippen LogP contribution in [0.1, 0.15) is 42.3 Å². The van der Waals surface area contributed by atoms with Crippen LogP contribution in [0, 0.1) is 6.92 Å². The van der Waals surface area contributed by atoms with Gasteiger partial charge in [-0.3, -0.25) is 4.79 Å². The van der Waals surface area contributed by atoms with Gasteiger partial charge in [-0.1, -0.05) is 36.4 Å². The smallest absolute Gasteiger partial charge is 0.375 e. The number of likely N-dealkylation sites (tertiary alicyclic amines) is 1. The summed E-state index contributed by atoms with van der Waals surface area (Å²) in [6.45, 7) is 4.35. The Balaban J connectivity index is 1.55. The molecule has 3 aromatic rings. The Morgan fingerprint density at radius 1 is 1.15 bits per heavy atom. The monoisotopic (exact) mass is 365 g/mol. The number of nitrogens with zero attached hydrogens (tertiary/aromatic N) is 1. The van der Waals surface area contributed by atoms with Crippen molar-refractivity contribution < 1.29 is 18.7 Å². The maximum Gasteiger partial charge on any atom is 0.375 e. The fourth-order valence-electron chi connectivity index (χ4n) is 3.89. The van der Waals surface area contributed by atoms with Crippen molar-refractivity contribution in [1.29, 1.82) is 0 Å². The number of hydrogen-bond acceptors (Lipinski definition) is 4. The molecule has 5 nitrogen and oxygen atoms in total.